The summed E-state index contributed by atoms with van der Waals surface area (Å²) in [6.07, 6.45) is 6.08. The van der Waals surface area contributed by atoms with E-state index >= 15 is 0 Å². The van der Waals surface area contributed by atoms with Crippen LogP contribution in [0.5, 0.6) is 11.8 Å². The molecule has 34 heavy (non-hydrogen) atoms. The molecular formula is C27H27N5O2. The van der Waals surface area contributed by atoms with Gasteiger partial charge in [-0.1, -0.05) is 24.3 Å². The van der Waals surface area contributed by atoms with Crippen molar-refractivity contribution >= 4 is 16.8 Å². The third-order valence-electron chi connectivity index (χ3n) is 6.09. The zero-order valence-corrected chi connectivity index (χ0v) is 19.2. The summed E-state index contributed by atoms with van der Waals surface area (Å²) in [6.45, 7) is 3.16. The second-order valence-electron chi connectivity index (χ2n) is 8.78. The molecule has 4 aromatic rings. The smallest absolute Gasteiger partial charge is 0.321 e. The first-order valence-corrected chi connectivity index (χ1v) is 11.5. The average molecular weight is 454 g/mol. The standard InChI is InChI=1S/C27H27N5O2/c1-31-12-13-32(19-21(18-31)14-20-15-22-6-2-3-9-25(22)30-17-20)26(33)23-7-4-8-24(16-23)34-27-28-10-5-11-29-27/h2-11,15-17,21H,12-14,18-19H2,1H3/t21-/m1/s1. The zero-order valence-electron chi connectivity index (χ0n) is 19.2. The Kier molecular flexibility index (Phi) is 6.44. The molecule has 0 aliphatic carbocycles. The van der Waals surface area contributed by atoms with Crippen molar-refractivity contribution in [1.82, 2.24) is 24.8 Å². The predicted octanol–water partition coefficient (Wildman–Crippen LogP) is 4.06. The molecule has 3 heterocycles. The van der Waals surface area contributed by atoms with Gasteiger partial charge in [0.2, 0.25) is 0 Å². The van der Waals surface area contributed by atoms with Gasteiger partial charge in [-0.05, 0) is 61.3 Å². The third-order valence-corrected chi connectivity index (χ3v) is 6.09. The second kappa shape index (κ2) is 9.97. The van der Waals surface area contributed by atoms with E-state index in [1.807, 2.05) is 41.4 Å². The minimum Gasteiger partial charge on any atom is -0.424 e. The summed E-state index contributed by atoms with van der Waals surface area (Å²) in [4.78, 5) is 30.5. The van der Waals surface area contributed by atoms with Crippen LogP contribution in [-0.2, 0) is 6.42 Å². The van der Waals surface area contributed by atoms with Gasteiger partial charge in [-0.15, -0.1) is 0 Å². The molecule has 0 spiro atoms. The molecule has 1 amide bonds. The van der Waals surface area contributed by atoms with E-state index in [1.165, 1.54) is 5.56 Å². The molecule has 7 heteroatoms. The molecule has 1 atom stereocenters. The lowest BCUT2D eigenvalue weighted by molar-refractivity contribution is 0.0746. The maximum atomic E-state index is 13.4. The molecule has 7 nitrogen and oxygen atoms in total. The minimum atomic E-state index is 0.0105. The van der Waals surface area contributed by atoms with Gasteiger partial charge < -0.3 is 14.5 Å². The molecule has 0 radical (unpaired) electrons. The molecular weight excluding hydrogens is 426 g/mol. The molecule has 2 aromatic heterocycles. The summed E-state index contributed by atoms with van der Waals surface area (Å²) in [5.74, 6) is 0.871. The van der Waals surface area contributed by atoms with Crippen molar-refractivity contribution in [2.45, 2.75) is 6.42 Å². The number of fused-ring (bicyclic) bond motifs is 1. The number of benzene rings is 2. The van der Waals surface area contributed by atoms with Crippen LogP contribution in [0.3, 0.4) is 0 Å². The lowest BCUT2D eigenvalue weighted by Gasteiger charge is -2.24. The van der Waals surface area contributed by atoms with E-state index in [0.29, 0.717) is 30.3 Å². The van der Waals surface area contributed by atoms with Crippen molar-refractivity contribution in [3.05, 3.63) is 90.4 Å². The van der Waals surface area contributed by atoms with E-state index in [2.05, 4.69) is 39.0 Å². The van der Waals surface area contributed by atoms with Crippen molar-refractivity contribution in [1.29, 1.82) is 0 Å². The van der Waals surface area contributed by atoms with Crippen LogP contribution in [0.15, 0.2) is 79.3 Å². The number of nitrogens with zero attached hydrogens (tertiary/aromatic N) is 5. The molecule has 1 aliphatic rings. The first kappa shape index (κ1) is 22.0. The molecule has 2 aromatic carbocycles. The van der Waals surface area contributed by atoms with Crippen molar-refractivity contribution in [2.24, 2.45) is 5.92 Å². The molecule has 0 saturated carbocycles. The van der Waals surface area contributed by atoms with Crippen LogP contribution in [0.25, 0.3) is 10.9 Å². The van der Waals surface area contributed by atoms with E-state index in [1.54, 1.807) is 30.6 Å². The Labute approximate surface area is 199 Å². The van der Waals surface area contributed by atoms with Gasteiger partial charge in [0.05, 0.1) is 5.52 Å². The maximum absolute atomic E-state index is 13.4. The quantitative estimate of drug-likeness (QED) is 0.454. The van der Waals surface area contributed by atoms with Crippen LogP contribution in [0.4, 0.5) is 0 Å². The molecule has 1 saturated heterocycles. The zero-order chi connectivity index (χ0) is 23.3. The Bertz CT molecular complexity index is 1280. The number of hydrogen-bond acceptors (Lipinski definition) is 6. The Morgan fingerprint density at radius 1 is 0.971 bits per heavy atom. The Hall–Kier alpha value is -3.84. The highest BCUT2D eigenvalue weighted by molar-refractivity contribution is 5.94. The average Bonchev–Trinajstić information content (AvgIpc) is 3.05. The number of amides is 1. The molecule has 0 unspecified atom stereocenters. The Balaban J connectivity index is 1.31. The summed E-state index contributed by atoms with van der Waals surface area (Å²) >= 11 is 0. The fourth-order valence-electron chi connectivity index (χ4n) is 4.48. The molecule has 5 rings (SSSR count). The fourth-order valence-corrected chi connectivity index (χ4v) is 4.48. The number of carbonyl (C=O) groups excluding carboxylic acids is 1. The number of ether oxygens (including phenoxy) is 1. The van der Waals surface area contributed by atoms with Gasteiger partial charge in [0.15, 0.2) is 0 Å². The lowest BCUT2D eigenvalue weighted by Crippen LogP contribution is -2.36. The highest BCUT2D eigenvalue weighted by Gasteiger charge is 2.25. The molecule has 1 aliphatic heterocycles. The van der Waals surface area contributed by atoms with Gasteiger partial charge in [-0.25, -0.2) is 9.97 Å². The van der Waals surface area contributed by atoms with Gasteiger partial charge in [-0.2, -0.15) is 0 Å². The predicted molar refractivity (Wildman–Crippen MR) is 131 cm³/mol. The number of pyridine rings is 1. The highest BCUT2D eigenvalue weighted by atomic mass is 16.5. The van der Waals surface area contributed by atoms with Gasteiger partial charge in [0.25, 0.3) is 5.91 Å². The van der Waals surface area contributed by atoms with Gasteiger partial charge in [0.1, 0.15) is 5.75 Å². The molecule has 172 valence electrons. The van der Waals surface area contributed by atoms with Crippen LogP contribution in [0.1, 0.15) is 15.9 Å². The minimum absolute atomic E-state index is 0.0105. The van der Waals surface area contributed by atoms with Crippen LogP contribution in [-0.4, -0.2) is 63.9 Å². The summed E-state index contributed by atoms with van der Waals surface area (Å²) in [7, 11) is 2.12. The van der Waals surface area contributed by atoms with E-state index in [0.717, 1.165) is 30.4 Å². The molecule has 1 fully saturated rings. The van der Waals surface area contributed by atoms with Crippen LogP contribution >= 0.6 is 0 Å². The number of carbonyl (C=O) groups is 1. The normalized spacial score (nSPS) is 16.9. The number of hydrogen-bond donors (Lipinski definition) is 0. The summed E-state index contributed by atoms with van der Waals surface area (Å²) in [5.41, 5.74) is 2.80. The molecule has 0 N–H and O–H groups in total. The highest BCUT2D eigenvalue weighted by Crippen LogP contribution is 2.22. The largest absolute Gasteiger partial charge is 0.424 e. The third kappa shape index (κ3) is 5.21. The topological polar surface area (TPSA) is 71.5 Å². The van der Waals surface area contributed by atoms with Gasteiger partial charge in [0, 0.05) is 55.7 Å². The first-order chi connectivity index (χ1) is 16.6. The number of likely N-dealkylation sites (N-methyl/N-ethyl adjacent to an activating group) is 1. The summed E-state index contributed by atoms with van der Waals surface area (Å²) < 4.78 is 5.73. The number of para-hydroxylation sites is 1. The summed E-state index contributed by atoms with van der Waals surface area (Å²) in [6, 6.07) is 19.6. The molecule has 0 bridgehead atoms. The monoisotopic (exact) mass is 453 g/mol. The van der Waals surface area contributed by atoms with E-state index < -0.39 is 0 Å². The number of aromatic nitrogens is 3. The van der Waals surface area contributed by atoms with E-state index in [9.17, 15) is 4.79 Å². The second-order valence-corrected chi connectivity index (χ2v) is 8.78. The van der Waals surface area contributed by atoms with Crippen LogP contribution in [0, 0.1) is 5.92 Å². The van der Waals surface area contributed by atoms with E-state index in [-0.39, 0.29) is 11.9 Å². The van der Waals surface area contributed by atoms with Crippen molar-refractivity contribution in [3.8, 4) is 11.8 Å². The van der Waals surface area contributed by atoms with Gasteiger partial charge >= 0.3 is 6.01 Å². The van der Waals surface area contributed by atoms with Crippen LogP contribution < -0.4 is 4.74 Å². The Morgan fingerprint density at radius 2 is 1.82 bits per heavy atom. The number of rotatable bonds is 5. The SMILES string of the molecule is CN1CCN(C(=O)c2cccc(Oc3ncccn3)c2)C[C@H](Cc2cnc3ccccc3c2)C1. The van der Waals surface area contributed by atoms with E-state index in [4.69, 9.17) is 4.74 Å². The maximum Gasteiger partial charge on any atom is 0.321 e. The van der Waals surface area contributed by atoms with Crippen molar-refractivity contribution < 1.29 is 9.53 Å². The lowest BCUT2D eigenvalue weighted by atomic mass is 9.98. The van der Waals surface area contributed by atoms with Gasteiger partial charge in [-0.3, -0.25) is 9.78 Å². The van der Waals surface area contributed by atoms with Crippen molar-refractivity contribution in [2.75, 3.05) is 33.2 Å². The fraction of sp³-hybridized carbons (Fsp3) is 0.259. The summed E-state index contributed by atoms with van der Waals surface area (Å²) in [5, 5.41) is 1.15. The van der Waals surface area contributed by atoms with Crippen LogP contribution in [0.2, 0.25) is 0 Å². The Morgan fingerprint density at radius 3 is 2.71 bits per heavy atom. The van der Waals surface area contributed by atoms with Crippen molar-refractivity contribution in [3.63, 3.8) is 0 Å². The first-order valence-electron chi connectivity index (χ1n) is 11.5.